The molecule has 1 atom stereocenters. The lowest BCUT2D eigenvalue weighted by Crippen LogP contribution is -2.34. The third-order valence-corrected chi connectivity index (χ3v) is 4.72. The number of halogens is 1. The summed E-state index contributed by atoms with van der Waals surface area (Å²) in [6, 6.07) is 14.3. The molecular weight excluding hydrogens is 397 g/mol. The molecule has 3 aromatic rings. The lowest BCUT2D eigenvalue weighted by Gasteiger charge is -2.17. The van der Waals surface area contributed by atoms with E-state index in [-0.39, 0.29) is 6.61 Å². The molecule has 1 aromatic heterocycles. The number of ether oxygens (including phenoxy) is 1. The average Bonchev–Trinajstić information content (AvgIpc) is 3.05. The molecule has 3 rings (SSSR count). The van der Waals surface area contributed by atoms with Gasteiger partial charge in [0.1, 0.15) is 5.82 Å². The van der Waals surface area contributed by atoms with Crippen LogP contribution >= 0.6 is 0 Å². The monoisotopic (exact) mass is 421 g/mol. The van der Waals surface area contributed by atoms with E-state index < -0.39 is 23.7 Å². The fourth-order valence-electron chi connectivity index (χ4n) is 3.34. The maximum Gasteiger partial charge on any atom is 0.333 e. The Bertz CT molecular complexity index is 1110. The molecule has 31 heavy (non-hydrogen) atoms. The smallest absolute Gasteiger partial charge is 0.333 e. The Hall–Kier alpha value is -3.74. The zero-order valence-electron chi connectivity index (χ0n) is 17.6. The number of esters is 1. The minimum absolute atomic E-state index is 0.176. The summed E-state index contributed by atoms with van der Waals surface area (Å²) in [5.74, 6) is -1.48. The molecule has 6 nitrogen and oxygen atoms in total. The Morgan fingerprint density at radius 3 is 2.58 bits per heavy atom. The van der Waals surface area contributed by atoms with Gasteiger partial charge in [-0.3, -0.25) is 4.79 Å². The molecule has 0 aliphatic carbocycles. The van der Waals surface area contributed by atoms with Crippen LogP contribution in [0.15, 0.2) is 60.7 Å². The first kappa shape index (κ1) is 22.0. The van der Waals surface area contributed by atoms with Crippen molar-refractivity contribution >= 4 is 18.0 Å². The molecule has 0 spiro atoms. The van der Waals surface area contributed by atoms with Gasteiger partial charge in [-0.25, -0.2) is 13.9 Å². The van der Waals surface area contributed by atoms with E-state index >= 15 is 0 Å². The minimum Gasteiger partial charge on any atom is -0.464 e. The number of amides is 1. The number of nitrogens with one attached hydrogen (secondary N) is 1. The topological polar surface area (TPSA) is 73.2 Å². The number of hydrogen-bond acceptors (Lipinski definition) is 4. The Balaban J connectivity index is 1.90. The number of para-hydroxylation sites is 1. The van der Waals surface area contributed by atoms with Gasteiger partial charge >= 0.3 is 5.97 Å². The largest absolute Gasteiger partial charge is 0.464 e. The molecule has 1 amide bonds. The zero-order valence-corrected chi connectivity index (χ0v) is 17.6. The lowest BCUT2D eigenvalue weighted by molar-refractivity contribution is -0.147. The number of benzene rings is 2. The Labute approximate surface area is 180 Å². The first-order valence-corrected chi connectivity index (χ1v) is 9.93. The van der Waals surface area contributed by atoms with Gasteiger partial charge in [-0.1, -0.05) is 30.3 Å². The second-order valence-electron chi connectivity index (χ2n) is 6.91. The van der Waals surface area contributed by atoms with Gasteiger partial charge in [0.15, 0.2) is 6.04 Å². The lowest BCUT2D eigenvalue weighted by atomic mass is 10.0. The fraction of sp³-hybridized carbons (Fsp3) is 0.208. The van der Waals surface area contributed by atoms with E-state index in [2.05, 4.69) is 10.4 Å². The summed E-state index contributed by atoms with van der Waals surface area (Å²) < 4.78 is 20.3. The van der Waals surface area contributed by atoms with E-state index in [0.717, 1.165) is 11.4 Å². The van der Waals surface area contributed by atoms with Crippen LogP contribution < -0.4 is 5.32 Å². The molecule has 7 heteroatoms. The average molecular weight is 421 g/mol. The van der Waals surface area contributed by atoms with Gasteiger partial charge in [0.2, 0.25) is 5.91 Å². The molecule has 0 fully saturated rings. The molecular formula is C24H24FN3O3. The Morgan fingerprint density at radius 1 is 1.16 bits per heavy atom. The van der Waals surface area contributed by atoms with Gasteiger partial charge in [0.05, 0.1) is 18.0 Å². The summed E-state index contributed by atoms with van der Waals surface area (Å²) >= 11 is 0. The highest BCUT2D eigenvalue weighted by atomic mass is 19.1. The maximum atomic E-state index is 13.3. The van der Waals surface area contributed by atoms with Crippen molar-refractivity contribution in [1.82, 2.24) is 15.1 Å². The predicted octanol–water partition coefficient (Wildman–Crippen LogP) is 4.06. The van der Waals surface area contributed by atoms with Crippen LogP contribution in [-0.4, -0.2) is 28.3 Å². The summed E-state index contributed by atoms with van der Waals surface area (Å²) in [5, 5.41) is 7.25. The van der Waals surface area contributed by atoms with E-state index in [4.69, 9.17) is 4.74 Å². The van der Waals surface area contributed by atoms with Crippen LogP contribution in [0.4, 0.5) is 4.39 Å². The van der Waals surface area contributed by atoms with E-state index in [1.54, 1.807) is 30.7 Å². The Kier molecular flexibility index (Phi) is 6.97. The molecule has 0 unspecified atom stereocenters. The second-order valence-corrected chi connectivity index (χ2v) is 6.91. The standard InChI is InChI=1S/C24H24FN3O3/c1-4-31-24(30)23(26-21(29)14-13-18-9-8-10-19(25)15-18)22-16(2)27-28(17(22)3)20-11-6-5-7-12-20/h5-15,23H,4H2,1-3H3,(H,26,29)/b14-13+/t23-/m1/s1. The van der Waals surface area contributed by atoms with Gasteiger partial charge in [0, 0.05) is 17.3 Å². The van der Waals surface area contributed by atoms with Gasteiger partial charge in [0.25, 0.3) is 0 Å². The number of aryl methyl sites for hydroxylation is 1. The SMILES string of the molecule is CCOC(=O)[C@H](NC(=O)/C=C/c1cccc(F)c1)c1c(C)nn(-c2ccccc2)c1C. The summed E-state index contributed by atoms with van der Waals surface area (Å²) in [7, 11) is 0. The quantitative estimate of drug-likeness (QED) is 0.461. The Morgan fingerprint density at radius 2 is 1.90 bits per heavy atom. The van der Waals surface area contributed by atoms with Crippen LogP contribution in [0.3, 0.4) is 0 Å². The fourth-order valence-corrected chi connectivity index (χ4v) is 3.34. The maximum absolute atomic E-state index is 13.3. The predicted molar refractivity (Wildman–Crippen MR) is 116 cm³/mol. The highest BCUT2D eigenvalue weighted by Crippen LogP contribution is 2.25. The molecule has 2 aromatic carbocycles. The van der Waals surface area contributed by atoms with Crippen molar-refractivity contribution in [1.29, 1.82) is 0 Å². The van der Waals surface area contributed by atoms with E-state index in [9.17, 15) is 14.0 Å². The van der Waals surface area contributed by atoms with E-state index in [1.807, 2.05) is 37.3 Å². The summed E-state index contributed by atoms with van der Waals surface area (Å²) in [6.07, 6.45) is 2.74. The summed E-state index contributed by atoms with van der Waals surface area (Å²) in [4.78, 5) is 25.3. The number of nitrogens with zero attached hydrogens (tertiary/aromatic N) is 2. The van der Waals surface area contributed by atoms with Gasteiger partial charge in [-0.2, -0.15) is 5.10 Å². The molecule has 0 aliphatic heterocycles. The van der Waals surface area contributed by atoms with E-state index in [0.29, 0.717) is 16.8 Å². The molecule has 160 valence electrons. The van der Waals surface area contributed by atoms with Crippen molar-refractivity contribution in [3.63, 3.8) is 0 Å². The van der Waals surface area contributed by atoms with Crippen molar-refractivity contribution in [2.24, 2.45) is 0 Å². The number of carbonyl (C=O) groups is 2. The molecule has 0 radical (unpaired) electrons. The third-order valence-electron chi connectivity index (χ3n) is 4.72. The zero-order chi connectivity index (χ0) is 22.4. The van der Waals surface area contributed by atoms with Crippen molar-refractivity contribution in [2.45, 2.75) is 26.8 Å². The van der Waals surface area contributed by atoms with Crippen molar-refractivity contribution in [3.05, 3.63) is 89.0 Å². The van der Waals surface area contributed by atoms with Gasteiger partial charge in [-0.15, -0.1) is 0 Å². The van der Waals surface area contributed by atoms with Crippen LogP contribution in [0.2, 0.25) is 0 Å². The molecule has 0 saturated carbocycles. The number of aromatic nitrogens is 2. The highest BCUT2D eigenvalue weighted by molar-refractivity contribution is 5.95. The van der Waals surface area contributed by atoms with Crippen LogP contribution in [-0.2, 0) is 14.3 Å². The third kappa shape index (κ3) is 5.25. The highest BCUT2D eigenvalue weighted by Gasteiger charge is 2.30. The first-order valence-electron chi connectivity index (χ1n) is 9.93. The number of carbonyl (C=O) groups excluding carboxylic acids is 2. The number of hydrogen-bond donors (Lipinski definition) is 1. The first-order chi connectivity index (χ1) is 14.9. The second kappa shape index (κ2) is 9.84. The van der Waals surface area contributed by atoms with Crippen molar-refractivity contribution in [3.8, 4) is 5.69 Å². The van der Waals surface area contributed by atoms with E-state index in [1.165, 1.54) is 24.3 Å². The summed E-state index contributed by atoms with van der Waals surface area (Å²) in [5.41, 5.74) is 3.28. The molecule has 0 aliphatic rings. The normalized spacial score (nSPS) is 12.0. The molecule has 0 bridgehead atoms. The van der Waals surface area contributed by atoms with Gasteiger partial charge in [-0.05, 0) is 56.7 Å². The number of rotatable bonds is 7. The van der Waals surface area contributed by atoms with Crippen molar-refractivity contribution < 1.29 is 18.7 Å². The van der Waals surface area contributed by atoms with Crippen LogP contribution in [0, 0.1) is 19.7 Å². The van der Waals surface area contributed by atoms with Crippen molar-refractivity contribution in [2.75, 3.05) is 6.61 Å². The minimum atomic E-state index is -1.03. The molecule has 1 heterocycles. The summed E-state index contributed by atoms with van der Waals surface area (Å²) in [6.45, 7) is 5.50. The molecule has 0 saturated heterocycles. The molecule has 1 N–H and O–H groups in total. The van der Waals surface area contributed by atoms with Crippen LogP contribution in [0.5, 0.6) is 0 Å². The van der Waals surface area contributed by atoms with Crippen LogP contribution in [0.25, 0.3) is 11.8 Å². The van der Waals surface area contributed by atoms with Crippen LogP contribution in [0.1, 0.15) is 35.5 Å². The van der Waals surface area contributed by atoms with Gasteiger partial charge < -0.3 is 10.1 Å².